The highest BCUT2D eigenvalue weighted by molar-refractivity contribution is 5.05. The van der Waals surface area contributed by atoms with Crippen LogP contribution in [-0.2, 0) is 0 Å². The highest BCUT2D eigenvalue weighted by atomic mass is 19.1. The summed E-state index contributed by atoms with van der Waals surface area (Å²) in [6, 6.07) is 0. The van der Waals surface area contributed by atoms with E-state index in [1.807, 2.05) is 13.8 Å². The van der Waals surface area contributed by atoms with Crippen LogP contribution in [0.1, 0.15) is 37.2 Å². The molecule has 2 saturated heterocycles. The SMILES string of the molecule is [2H]C1([2H])CC[C@@]2(C(C)C)C[C@@]([2H])(F)CN12. The van der Waals surface area contributed by atoms with Gasteiger partial charge in [-0.25, -0.2) is 4.39 Å². The Morgan fingerprint density at radius 2 is 2.50 bits per heavy atom. The van der Waals surface area contributed by atoms with Crippen LogP contribution in [-0.4, -0.2) is 29.6 Å². The molecule has 0 amide bonds. The zero-order valence-electron chi connectivity index (χ0n) is 10.7. The molecule has 0 aromatic rings. The van der Waals surface area contributed by atoms with E-state index < -0.39 is 18.2 Å². The molecule has 0 aromatic heterocycles. The van der Waals surface area contributed by atoms with Gasteiger partial charge < -0.3 is 0 Å². The van der Waals surface area contributed by atoms with Crippen LogP contribution < -0.4 is 0 Å². The molecule has 0 spiro atoms. The van der Waals surface area contributed by atoms with Gasteiger partial charge in [0.15, 0.2) is 0 Å². The molecule has 2 fully saturated rings. The second kappa shape index (κ2) is 2.69. The Hall–Kier alpha value is -0.110. The average molecular weight is 174 g/mol. The first-order chi connectivity index (χ1) is 6.70. The van der Waals surface area contributed by atoms with Crippen molar-refractivity contribution in [3.8, 4) is 0 Å². The highest BCUT2D eigenvalue weighted by Gasteiger charge is 2.50. The number of alkyl halides is 1. The summed E-state index contributed by atoms with van der Waals surface area (Å²) in [7, 11) is 0. The number of halogens is 1. The van der Waals surface area contributed by atoms with E-state index in [0.29, 0.717) is 12.8 Å². The zero-order chi connectivity index (χ0) is 11.5. The van der Waals surface area contributed by atoms with Crippen LogP contribution in [0.4, 0.5) is 4.39 Å². The molecule has 0 N–H and O–H groups in total. The molecule has 2 heterocycles. The first kappa shape index (κ1) is 5.58. The van der Waals surface area contributed by atoms with Crippen LogP contribution >= 0.6 is 0 Å². The normalized spacial score (nSPS) is 56.5. The first-order valence-electron chi connectivity index (χ1n) is 6.16. The average Bonchev–Trinajstić information content (AvgIpc) is 2.46. The predicted molar refractivity (Wildman–Crippen MR) is 47.9 cm³/mol. The van der Waals surface area contributed by atoms with Gasteiger partial charge in [-0.3, -0.25) is 4.90 Å². The Balaban J connectivity index is 2.36. The third kappa shape index (κ3) is 1.00. The quantitative estimate of drug-likeness (QED) is 0.589. The van der Waals surface area contributed by atoms with Gasteiger partial charge in [-0.1, -0.05) is 13.8 Å². The van der Waals surface area contributed by atoms with Crippen LogP contribution in [0.2, 0.25) is 0 Å². The number of hydrogen-bond acceptors (Lipinski definition) is 1. The van der Waals surface area contributed by atoms with E-state index >= 15 is 0 Å². The van der Waals surface area contributed by atoms with Crippen LogP contribution in [0.3, 0.4) is 0 Å². The third-order valence-electron chi connectivity index (χ3n) is 3.30. The summed E-state index contributed by atoms with van der Waals surface area (Å²) in [5, 5.41) is 0. The van der Waals surface area contributed by atoms with Gasteiger partial charge in [-0.05, 0) is 31.7 Å². The van der Waals surface area contributed by atoms with Crippen LogP contribution in [0, 0.1) is 5.92 Å². The Kier molecular flexibility index (Phi) is 1.25. The molecular weight excluding hydrogens is 153 g/mol. The summed E-state index contributed by atoms with van der Waals surface area (Å²) in [4.78, 5) is 1.59. The third-order valence-corrected chi connectivity index (χ3v) is 3.30. The molecular formula is C10H18FN. The van der Waals surface area contributed by atoms with Crippen LogP contribution in [0.25, 0.3) is 0 Å². The molecule has 0 unspecified atom stereocenters. The molecule has 0 bridgehead atoms. The Morgan fingerprint density at radius 1 is 1.75 bits per heavy atom. The van der Waals surface area contributed by atoms with Crippen molar-refractivity contribution in [3.63, 3.8) is 0 Å². The lowest BCUT2D eigenvalue weighted by Gasteiger charge is -2.35. The number of rotatable bonds is 1. The van der Waals surface area contributed by atoms with Crippen molar-refractivity contribution in [1.29, 1.82) is 0 Å². The van der Waals surface area contributed by atoms with Crippen molar-refractivity contribution in [2.24, 2.45) is 5.92 Å². The number of hydrogen-bond donors (Lipinski definition) is 0. The molecule has 12 heavy (non-hydrogen) atoms. The van der Waals surface area contributed by atoms with E-state index in [-0.39, 0.29) is 18.9 Å². The van der Waals surface area contributed by atoms with Gasteiger partial charge in [0.2, 0.25) is 0 Å². The van der Waals surface area contributed by atoms with Crippen LogP contribution in [0.15, 0.2) is 0 Å². The van der Waals surface area contributed by atoms with E-state index in [1.165, 1.54) is 0 Å². The molecule has 2 aliphatic rings. The van der Waals surface area contributed by atoms with E-state index in [9.17, 15) is 4.39 Å². The largest absolute Gasteiger partial charge is 0.294 e. The van der Waals surface area contributed by atoms with E-state index in [1.54, 1.807) is 4.90 Å². The first-order valence-corrected chi connectivity index (χ1v) is 4.66. The molecule has 0 aliphatic carbocycles. The van der Waals surface area contributed by atoms with Gasteiger partial charge in [0.25, 0.3) is 0 Å². The molecule has 0 saturated carbocycles. The summed E-state index contributed by atoms with van der Waals surface area (Å²) in [6.07, 6.45) is -0.696. The molecule has 1 nitrogen and oxygen atoms in total. The Morgan fingerprint density at radius 3 is 3.08 bits per heavy atom. The van der Waals surface area contributed by atoms with Gasteiger partial charge in [0.05, 0.1) is 1.37 Å². The molecule has 0 radical (unpaired) electrons. The molecule has 70 valence electrons. The van der Waals surface area contributed by atoms with E-state index in [2.05, 4.69) is 0 Å². The summed E-state index contributed by atoms with van der Waals surface area (Å²) in [5.41, 5.74) is -0.431. The van der Waals surface area contributed by atoms with Gasteiger partial charge in [0, 0.05) is 14.8 Å². The van der Waals surface area contributed by atoms with Crippen LogP contribution in [0.5, 0.6) is 0 Å². The van der Waals surface area contributed by atoms with Gasteiger partial charge in [0.1, 0.15) is 6.15 Å². The maximum absolute atomic E-state index is 13.7. The molecule has 2 heteroatoms. The van der Waals surface area contributed by atoms with Crippen molar-refractivity contribution >= 4 is 0 Å². The van der Waals surface area contributed by atoms with Crippen molar-refractivity contribution in [3.05, 3.63) is 0 Å². The predicted octanol–water partition coefficient (Wildman–Crippen LogP) is 2.22. The lowest BCUT2D eigenvalue weighted by molar-refractivity contribution is 0.136. The summed E-state index contributed by atoms with van der Waals surface area (Å²) < 4.78 is 36.9. The topological polar surface area (TPSA) is 3.24 Å². The fourth-order valence-electron chi connectivity index (χ4n) is 2.46. The number of nitrogens with zero attached hydrogens (tertiary/aromatic N) is 1. The van der Waals surface area contributed by atoms with E-state index in [0.717, 1.165) is 0 Å². The molecule has 2 rings (SSSR count). The number of fused-ring (bicyclic) bond motifs is 1. The Labute approximate surface area is 78.2 Å². The maximum atomic E-state index is 13.7. The van der Waals surface area contributed by atoms with Gasteiger partial charge >= 0.3 is 0 Å². The van der Waals surface area contributed by atoms with Gasteiger partial charge in [-0.15, -0.1) is 0 Å². The summed E-state index contributed by atoms with van der Waals surface area (Å²) in [6.45, 7) is 2.48. The minimum Gasteiger partial charge on any atom is -0.294 e. The van der Waals surface area contributed by atoms with Crippen molar-refractivity contribution in [1.82, 2.24) is 4.90 Å². The van der Waals surface area contributed by atoms with Crippen molar-refractivity contribution in [2.45, 2.75) is 44.8 Å². The van der Waals surface area contributed by atoms with Crippen molar-refractivity contribution in [2.75, 3.05) is 13.0 Å². The Bertz CT molecular complexity index is 280. The second-order valence-corrected chi connectivity index (χ2v) is 4.20. The monoisotopic (exact) mass is 174 g/mol. The zero-order valence-corrected chi connectivity index (χ0v) is 7.73. The summed E-state index contributed by atoms with van der Waals surface area (Å²) in [5.74, 6) is 0.193. The fourth-order valence-corrected chi connectivity index (χ4v) is 2.46. The highest BCUT2D eigenvalue weighted by Crippen LogP contribution is 2.44. The van der Waals surface area contributed by atoms with Crippen molar-refractivity contribution < 1.29 is 8.50 Å². The fraction of sp³-hybridized carbons (Fsp3) is 1.00. The van der Waals surface area contributed by atoms with Gasteiger partial charge in [-0.2, -0.15) is 0 Å². The summed E-state index contributed by atoms with van der Waals surface area (Å²) >= 11 is 0. The molecule has 2 aliphatic heterocycles. The minimum absolute atomic E-state index is 0.0851. The molecule has 0 aromatic carbocycles. The standard InChI is InChI=1S/C10H18FN/c1-8(2)10-4-3-5-12(10)7-9(11)6-10/h8-9H,3-7H2,1-2H3/t9-,10+/m1/s1/i5D2,9D. The smallest absolute Gasteiger partial charge is 0.115 e. The minimum atomic E-state index is -1.97. The molecule has 2 atom stereocenters. The van der Waals surface area contributed by atoms with E-state index in [4.69, 9.17) is 4.11 Å². The maximum Gasteiger partial charge on any atom is 0.115 e. The lowest BCUT2D eigenvalue weighted by atomic mass is 9.82. The lowest BCUT2D eigenvalue weighted by Crippen LogP contribution is -2.42. The second-order valence-electron chi connectivity index (χ2n) is 4.20.